The van der Waals surface area contributed by atoms with Crippen LogP contribution in [0.2, 0.25) is 5.15 Å². The molecule has 0 N–H and O–H groups in total. The molecule has 0 amide bonds. The van der Waals surface area contributed by atoms with E-state index >= 15 is 0 Å². The third-order valence-corrected chi connectivity index (χ3v) is 2.01. The molecule has 0 saturated heterocycles. The number of rotatable bonds is 1. The van der Waals surface area contributed by atoms with Crippen molar-refractivity contribution in [2.45, 2.75) is 20.3 Å². The number of nitriles is 1. The summed E-state index contributed by atoms with van der Waals surface area (Å²) in [4.78, 5) is 4.10. The Labute approximate surface area is 76.8 Å². The molecule has 0 spiro atoms. The largest absolute Gasteiger partial charge is 0.239 e. The Morgan fingerprint density at radius 3 is 2.83 bits per heavy atom. The molecule has 0 unspecified atom stereocenters. The van der Waals surface area contributed by atoms with Gasteiger partial charge in [0.1, 0.15) is 11.2 Å². The summed E-state index contributed by atoms with van der Waals surface area (Å²) in [6.07, 6.45) is 0.845. The Morgan fingerprint density at radius 2 is 2.33 bits per heavy atom. The highest BCUT2D eigenvalue weighted by molar-refractivity contribution is 6.30. The third kappa shape index (κ3) is 1.57. The lowest BCUT2D eigenvalue weighted by molar-refractivity contribution is 1.01. The second-order valence-corrected chi connectivity index (χ2v) is 2.91. The molecule has 3 heteroatoms. The summed E-state index contributed by atoms with van der Waals surface area (Å²) < 4.78 is 0. The Kier molecular flexibility index (Phi) is 2.67. The van der Waals surface area contributed by atoms with Crippen LogP contribution in [0.1, 0.15) is 23.7 Å². The van der Waals surface area contributed by atoms with Crippen molar-refractivity contribution in [2.75, 3.05) is 0 Å². The van der Waals surface area contributed by atoms with Crippen LogP contribution in [0, 0.1) is 18.3 Å². The van der Waals surface area contributed by atoms with Gasteiger partial charge in [-0.05, 0) is 25.0 Å². The van der Waals surface area contributed by atoms with E-state index in [-0.39, 0.29) is 0 Å². The molecule has 0 bridgehead atoms. The van der Waals surface area contributed by atoms with Gasteiger partial charge in [-0.25, -0.2) is 4.98 Å². The predicted molar refractivity (Wildman–Crippen MR) is 48.1 cm³/mol. The first-order valence-corrected chi connectivity index (χ1v) is 4.13. The molecule has 0 aromatic carbocycles. The maximum atomic E-state index is 8.63. The summed E-state index contributed by atoms with van der Waals surface area (Å²) >= 11 is 5.75. The van der Waals surface area contributed by atoms with E-state index < -0.39 is 0 Å². The summed E-state index contributed by atoms with van der Waals surface area (Å²) in [6.45, 7) is 3.95. The zero-order valence-corrected chi connectivity index (χ0v) is 7.81. The predicted octanol–water partition coefficient (Wildman–Crippen LogP) is 2.48. The van der Waals surface area contributed by atoms with Gasteiger partial charge in [0.15, 0.2) is 0 Å². The SMILES string of the molecule is CCc1nc(Cl)c(C#N)cc1C. The second kappa shape index (κ2) is 3.55. The summed E-state index contributed by atoms with van der Waals surface area (Å²) in [6, 6.07) is 3.76. The van der Waals surface area contributed by atoms with Crippen molar-refractivity contribution in [1.82, 2.24) is 4.98 Å². The van der Waals surface area contributed by atoms with Crippen LogP contribution >= 0.6 is 11.6 Å². The zero-order chi connectivity index (χ0) is 9.14. The van der Waals surface area contributed by atoms with Crippen molar-refractivity contribution in [3.63, 3.8) is 0 Å². The molecular formula is C9H9ClN2. The summed E-state index contributed by atoms with van der Waals surface area (Å²) in [5, 5.41) is 8.94. The fourth-order valence-electron chi connectivity index (χ4n) is 1.06. The maximum absolute atomic E-state index is 8.63. The molecule has 0 aliphatic carbocycles. The first-order chi connectivity index (χ1) is 5.69. The number of hydrogen-bond acceptors (Lipinski definition) is 2. The molecule has 0 atom stereocenters. The normalized spacial score (nSPS) is 9.50. The number of aryl methyl sites for hydroxylation is 2. The van der Waals surface area contributed by atoms with Crippen LogP contribution in [0.15, 0.2) is 6.07 Å². The monoisotopic (exact) mass is 180 g/mol. The molecule has 12 heavy (non-hydrogen) atoms. The maximum Gasteiger partial charge on any atom is 0.147 e. The van der Waals surface area contributed by atoms with Gasteiger partial charge in [0, 0.05) is 5.69 Å². The molecule has 1 rings (SSSR count). The van der Waals surface area contributed by atoms with Gasteiger partial charge in [-0.2, -0.15) is 5.26 Å². The van der Waals surface area contributed by atoms with Crippen LogP contribution in [0.25, 0.3) is 0 Å². The van der Waals surface area contributed by atoms with Gasteiger partial charge in [0.25, 0.3) is 0 Å². The standard InChI is InChI=1S/C9H9ClN2/c1-3-8-6(2)4-7(5-11)9(10)12-8/h4H,3H2,1-2H3. The molecular weight excluding hydrogens is 172 g/mol. The quantitative estimate of drug-likeness (QED) is 0.623. The third-order valence-electron chi connectivity index (χ3n) is 1.73. The summed E-state index contributed by atoms with van der Waals surface area (Å²) in [5.41, 5.74) is 2.43. The average Bonchev–Trinajstić information content (AvgIpc) is 2.08. The van der Waals surface area contributed by atoms with E-state index in [0.29, 0.717) is 10.7 Å². The summed E-state index contributed by atoms with van der Waals surface area (Å²) in [7, 11) is 0. The first kappa shape index (κ1) is 9.02. The lowest BCUT2D eigenvalue weighted by Gasteiger charge is -2.02. The molecule has 1 heterocycles. The molecule has 1 aromatic heterocycles. The lowest BCUT2D eigenvalue weighted by atomic mass is 10.1. The van der Waals surface area contributed by atoms with Gasteiger partial charge in [0.2, 0.25) is 0 Å². The van der Waals surface area contributed by atoms with Crippen LogP contribution < -0.4 is 0 Å². The van der Waals surface area contributed by atoms with Gasteiger partial charge in [0.05, 0.1) is 5.56 Å². The minimum atomic E-state index is 0.306. The Bertz CT molecular complexity index is 338. The van der Waals surface area contributed by atoms with Gasteiger partial charge in [-0.15, -0.1) is 0 Å². The zero-order valence-electron chi connectivity index (χ0n) is 7.06. The smallest absolute Gasteiger partial charge is 0.147 e. The number of aromatic nitrogens is 1. The second-order valence-electron chi connectivity index (χ2n) is 2.56. The molecule has 0 radical (unpaired) electrons. The van der Waals surface area contributed by atoms with E-state index in [1.807, 2.05) is 19.9 Å². The minimum Gasteiger partial charge on any atom is -0.239 e. The van der Waals surface area contributed by atoms with Crippen molar-refractivity contribution in [2.24, 2.45) is 0 Å². The highest BCUT2D eigenvalue weighted by Gasteiger charge is 2.04. The number of halogens is 1. The molecule has 2 nitrogen and oxygen atoms in total. The lowest BCUT2D eigenvalue weighted by Crippen LogP contribution is -1.94. The highest BCUT2D eigenvalue weighted by Crippen LogP contribution is 2.16. The molecule has 0 aliphatic heterocycles. The number of hydrogen-bond donors (Lipinski definition) is 0. The van der Waals surface area contributed by atoms with Crippen LogP contribution in [-0.2, 0) is 6.42 Å². The van der Waals surface area contributed by atoms with Crippen LogP contribution in [0.3, 0.4) is 0 Å². The Hall–Kier alpha value is -1.07. The average molecular weight is 181 g/mol. The first-order valence-electron chi connectivity index (χ1n) is 3.75. The molecule has 0 aliphatic rings. The number of nitrogens with zero attached hydrogens (tertiary/aromatic N) is 2. The van der Waals surface area contributed by atoms with E-state index in [1.54, 1.807) is 6.07 Å². The molecule has 0 saturated carbocycles. The topological polar surface area (TPSA) is 36.7 Å². The van der Waals surface area contributed by atoms with E-state index in [9.17, 15) is 0 Å². The van der Waals surface area contributed by atoms with E-state index in [2.05, 4.69) is 4.98 Å². The Balaban J connectivity index is 3.28. The van der Waals surface area contributed by atoms with Gasteiger partial charge in [-0.3, -0.25) is 0 Å². The van der Waals surface area contributed by atoms with Crippen molar-refractivity contribution >= 4 is 11.6 Å². The van der Waals surface area contributed by atoms with Gasteiger partial charge >= 0.3 is 0 Å². The highest BCUT2D eigenvalue weighted by atomic mass is 35.5. The molecule has 1 aromatic rings. The van der Waals surface area contributed by atoms with E-state index in [4.69, 9.17) is 16.9 Å². The Morgan fingerprint density at radius 1 is 1.67 bits per heavy atom. The fraction of sp³-hybridized carbons (Fsp3) is 0.333. The molecule has 0 fully saturated rings. The number of pyridine rings is 1. The molecule has 62 valence electrons. The fourth-order valence-corrected chi connectivity index (χ4v) is 1.26. The van der Waals surface area contributed by atoms with Crippen LogP contribution in [0.5, 0.6) is 0 Å². The summed E-state index contributed by atoms with van der Waals surface area (Å²) in [5.74, 6) is 0. The minimum absolute atomic E-state index is 0.306. The van der Waals surface area contributed by atoms with Gasteiger partial charge < -0.3 is 0 Å². The van der Waals surface area contributed by atoms with Crippen LogP contribution in [-0.4, -0.2) is 4.98 Å². The van der Waals surface area contributed by atoms with Crippen molar-refractivity contribution in [1.29, 1.82) is 5.26 Å². The van der Waals surface area contributed by atoms with E-state index in [1.165, 1.54) is 0 Å². The van der Waals surface area contributed by atoms with Crippen molar-refractivity contribution in [3.05, 3.63) is 28.0 Å². The van der Waals surface area contributed by atoms with E-state index in [0.717, 1.165) is 17.7 Å². The van der Waals surface area contributed by atoms with Crippen molar-refractivity contribution in [3.8, 4) is 6.07 Å². The van der Waals surface area contributed by atoms with Crippen LogP contribution in [0.4, 0.5) is 0 Å². The van der Waals surface area contributed by atoms with Gasteiger partial charge in [-0.1, -0.05) is 18.5 Å². The van der Waals surface area contributed by atoms with Crippen molar-refractivity contribution < 1.29 is 0 Å².